The lowest BCUT2D eigenvalue weighted by molar-refractivity contribution is -0.146. The van der Waals surface area contributed by atoms with Crippen LogP contribution in [0, 0.1) is 0 Å². The van der Waals surface area contributed by atoms with E-state index in [2.05, 4.69) is 4.90 Å². The van der Waals surface area contributed by atoms with Crippen molar-refractivity contribution >= 4 is 17.7 Å². The molecule has 0 amide bonds. The smallest absolute Gasteiger partial charge is 0.417 e. The van der Waals surface area contributed by atoms with Gasteiger partial charge in [-0.05, 0) is 56.7 Å². The number of carbonyl (C=O) groups is 1. The molecule has 0 spiro atoms. The van der Waals surface area contributed by atoms with Crippen molar-refractivity contribution in [1.82, 2.24) is 4.90 Å². The first kappa shape index (κ1) is 19.8. The number of piperidine rings is 1. The highest BCUT2D eigenvalue weighted by atomic mass is 32.2. The predicted octanol–water partition coefficient (Wildman–Crippen LogP) is 4.90. The average Bonchev–Trinajstić information content (AvgIpc) is 2.62. The van der Waals surface area contributed by atoms with Crippen LogP contribution < -0.4 is 0 Å². The summed E-state index contributed by atoms with van der Waals surface area (Å²) in [5.41, 5.74) is -1.20. The summed E-state index contributed by atoms with van der Waals surface area (Å²) in [5, 5.41) is 10.00. The van der Waals surface area contributed by atoms with E-state index in [0.717, 1.165) is 17.8 Å². The summed E-state index contributed by atoms with van der Waals surface area (Å²) < 4.78 is 40.0. The highest BCUT2D eigenvalue weighted by molar-refractivity contribution is 7.99. The molecule has 1 saturated heterocycles. The maximum absolute atomic E-state index is 13.3. The van der Waals surface area contributed by atoms with E-state index in [-0.39, 0.29) is 4.90 Å². The normalized spacial score (nSPS) is 17.6. The summed E-state index contributed by atoms with van der Waals surface area (Å²) in [6, 6.07) is 12.3. The third-order valence-corrected chi connectivity index (χ3v) is 6.22. The van der Waals surface area contributed by atoms with Gasteiger partial charge in [-0.25, -0.2) is 0 Å². The van der Waals surface area contributed by atoms with E-state index in [0.29, 0.717) is 36.4 Å². The van der Waals surface area contributed by atoms with E-state index < -0.39 is 23.1 Å². The zero-order valence-electron chi connectivity index (χ0n) is 14.8. The van der Waals surface area contributed by atoms with Crippen molar-refractivity contribution in [3.05, 3.63) is 59.7 Å². The fourth-order valence-electron chi connectivity index (χ4n) is 3.46. The van der Waals surface area contributed by atoms with E-state index in [1.54, 1.807) is 30.3 Å². The van der Waals surface area contributed by atoms with Gasteiger partial charge in [0.1, 0.15) is 0 Å². The lowest BCUT2D eigenvalue weighted by Crippen LogP contribution is -2.46. The Morgan fingerprint density at radius 2 is 1.59 bits per heavy atom. The van der Waals surface area contributed by atoms with Crippen molar-refractivity contribution in [2.45, 2.75) is 34.2 Å². The second kappa shape index (κ2) is 7.56. The number of nitrogens with zero attached hydrogens (tertiary/aromatic N) is 1. The van der Waals surface area contributed by atoms with Crippen LogP contribution in [0.4, 0.5) is 13.2 Å². The molecule has 0 aromatic heterocycles. The molecule has 1 aliphatic heterocycles. The molecule has 2 aromatic rings. The van der Waals surface area contributed by atoms with Crippen LogP contribution in [-0.4, -0.2) is 36.1 Å². The Kier molecular flexibility index (Phi) is 5.53. The first-order valence-electron chi connectivity index (χ1n) is 8.59. The average molecular weight is 395 g/mol. The molecule has 0 atom stereocenters. The molecule has 2 aromatic carbocycles. The Morgan fingerprint density at radius 3 is 2.19 bits per heavy atom. The molecule has 0 saturated carbocycles. The highest BCUT2D eigenvalue weighted by Crippen LogP contribution is 2.45. The van der Waals surface area contributed by atoms with Crippen molar-refractivity contribution < 1.29 is 23.1 Å². The molecule has 1 N–H and O–H groups in total. The first-order valence-corrected chi connectivity index (χ1v) is 9.41. The molecule has 3 nitrogen and oxygen atoms in total. The van der Waals surface area contributed by atoms with Crippen LogP contribution in [0.3, 0.4) is 0 Å². The fourth-order valence-corrected chi connectivity index (χ4v) is 4.66. The number of carboxylic acid groups (broad SMARTS) is 1. The Morgan fingerprint density at radius 1 is 1.04 bits per heavy atom. The maximum Gasteiger partial charge on any atom is 0.417 e. The van der Waals surface area contributed by atoms with Gasteiger partial charge in [-0.15, -0.1) is 0 Å². The minimum Gasteiger partial charge on any atom is -0.481 e. The zero-order chi connectivity index (χ0) is 19.7. The molecular formula is C20H20F3NO2S. The summed E-state index contributed by atoms with van der Waals surface area (Å²) in [7, 11) is 1.94. The van der Waals surface area contributed by atoms with Crippen LogP contribution in [-0.2, 0) is 16.4 Å². The number of likely N-dealkylation sites (tertiary alicyclic amines) is 1. The number of hydrogen-bond acceptors (Lipinski definition) is 3. The van der Waals surface area contributed by atoms with Crippen molar-refractivity contribution in [3.8, 4) is 0 Å². The summed E-state index contributed by atoms with van der Waals surface area (Å²) in [6.45, 7) is 1.26. The van der Waals surface area contributed by atoms with E-state index in [1.807, 2.05) is 7.05 Å². The second-order valence-electron chi connectivity index (χ2n) is 6.78. The van der Waals surface area contributed by atoms with Crippen LogP contribution in [0.1, 0.15) is 24.0 Å². The lowest BCUT2D eigenvalue weighted by atomic mass is 9.73. The standard InChI is InChI=1S/C20H20F3NO2S/c1-24-12-10-19(11-13-24,18(25)26)14-6-2-4-8-16(14)27-17-9-5-3-7-15(17)20(21,22)23/h2-9H,10-13H2,1H3,(H,25,26). The number of rotatable bonds is 4. The molecular weight excluding hydrogens is 375 g/mol. The Labute approximate surface area is 160 Å². The Bertz CT molecular complexity index is 830. The Hall–Kier alpha value is -1.99. The third kappa shape index (κ3) is 3.99. The molecule has 0 radical (unpaired) electrons. The summed E-state index contributed by atoms with van der Waals surface area (Å²) in [4.78, 5) is 14.9. The van der Waals surface area contributed by atoms with Crippen LogP contribution in [0.15, 0.2) is 58.3 Å². The lowest BCUT2D eigenvalue weighted by Gasteiger charge is -2.38. The van der Waals surface area contributed by atoms with Crippen molar-refractivity contribution in [2.24, 2.45) is 0 Å². The van der Waals surface area contributed by atoms with Crippen LogP contribution in [0.25, 0.3) is 0 Å². The number of aliphatic carboxylic acids is 1. The fraction of sp³-hybridized carbons (Fsp3) is 0.350. The van der Waals surface area contributed by atoms with Gasteiger partial charge in [0.15, 0.2) is 0 Å². The minimum atomic E-state index is -4.46. The number of benzene rings is 2. The van der Waals surface area contributed by atoms with E-state index in [1.165, 1.54) is 12.1 Å². The van der Waals surface area contributed by atoms with E-state index in [4.69, 9.17) is 0 Å². The molecule has 1 heterocycles. The number of hydrogen-bond donors (Lipinski definition) is 1. The van der Waals surface area contributed by atoms with Crippen molar-refractivity contribution in [1.29, 1.82) is 0 Å². The molecule has 27 heavy (non-hydrogen) atoms. The molecule has 0 aliphatic carbocycles. The highest BCUT2D eigenvalue weighted by Gasteiger charge is 2.44. The topological polar surface area (TPSA) is 40.5 Å². The Balaban J connectivity index is 2.04. The van der Waals surface area contributed by atoms with Gasteiger partial charge in [0.05, 0.1) is 11.0 Å². The van der Waals surface area contributed by atoms with Gasteiger partial charge in [-0.3, -0.25) is 4.79 Å². The number of carboxylic acids is 1. The van der Waals surface area contributed by atoms with Crippen LogP contribution >= 0.6 is 11.8 Å². The number of halogens is 3. The van der Waals surface area contributed by atoms with Crippen molar-refractivity contribution in [3.63, 3.8) is 0 Å². The molecule has 1 fully saturated rings. The second-order valence-corrected chi connectivity index (χ2v) is 7.87. The van der Waals surface area contributed by atoms with Crippen molar-refractivity contribution in [2.75, 3.05) is 20.1 Å². The van der Waals surface area contributed by atoms with E-state index in [9.17, 15) is 23.1 Å². The van der Waals surface area contributed by atoms with Gasteiger partial charge in [-0.1, -0.05) is 42.1 Å². The molecule has 7 heteroatoms. The summed E-state index contributed by atoms with van der Waals surface area (Å²) in [5.74, 6) is -0.923. The van der Waals surface area contributed by atoms with Crippen LogP contribution in [0.2, 0.25) is 0 Å². The van der Waals surface area contributed by atoms with Gasteiger partial charge in [0, 0.05) is 9.79 Å². The monoisotopic (exact) mass is 395 g/mol. The molecule has 144 valence electrons. The van der Waals surface area contributed by atoms with Crippen LogP contribution in [0.5, 0.6) is 0 Å². The summed E-state index contributed by atoms with van der Waals surface area (Å²) >= 11 is 0.981. The molecule has 1 aliphatic rings. The molecule has 3 rings (SSSR count). The quantitative estimate of drug-likeness (QED) is 0.799. The maximum atomic E-state index is 13.3. The van der Waals surface area contributed by atoms with Gasteiger partial charge in [0.25, 0.3) is 0 Å². The predicted molar refractivity (Wildman–Crippen MR) is 98.1 cm³/mol. The van der Waals surface area contributed by atoms with Gasteiger partial charge < -0.3 is 10.0 Å². The third-order valence-electron chi connectivity index (χ3n) is 5.06. The largest absolute Gasteiger partial charge is 0.481 e. The minimum absolute atomic E-state index is 0.0749. The van der Waals surface area contributed by atoms with E-state index >= 15 is 0 Å². The molecule has 0 unspecified atom stereocenters. The van der Waals surface area contributed by atoms with Gasteiger partial charge in [-0.2, -0.15) is 13.2 Å². The zero-order valence-corrected chi connectivity index (χ0v) is 15.6. The van der Waals surface area contributed by atoms with Gasteiger partial charge in [0.2, 0.25) is 0 Å². The SMILES string of the molecule is CN1CCC(C(=O)O)(c2ccccc2Sc2ccccc2C(F)(F)F)CC1. The summed E-state index contributed by atoms with van der Waals surface area (Å²) in [6.07, 6.45) is -3.61. The number of alkyl halides is 3. The first-order chi connectivity index (χ1) is 12.7. The van der Waals surface area contributed by atoms with Gasteiger partial charge >= 0.3 is 12.1 Å². The molecule has 0 bridgehead atoms.